The minimum atomic E-state index is -0.306. The number of nitriles is 1. The van der Waals surface area contributed by atoms with Crippen molar-refractivity contribution in [2.45, 2.75) is 32.1 Å². The molecule has 0 radical (unpaired) electrons. The molecule has 0 N–H and O–H groups in total. The van der Waals surface area contributed by atoms with E-state index in [2.05, 4.69) is 6.07 Å². The number of ether oxygens (including phenoxy) is 2. The van der Waals surface area contributed by atoms with Gasteiger partial charge in [0, 0.05) is 6.42 Å². The molecular formula is C15H19NO3. The van der Waals surface area contributed by atoms with Crippen LogP contribution in [0.2, 0.25) is 0 Å². The molecule has 0 aliphatic carbocycles. The van der Waals surface area contributed by atoms with E-state index in [-0.39, 0.29) is 5.97 Å². The van der Waals surface area contributed by atoms with E-state index < -0.39 is 0 Å². The lowest BCUT2D eigenvalue weighted by Gasteiger charge is -2.05. The van der Waals surface area contributed by atoms with E-state index in [9.17, 15) is 4.79 Å². The van der Waals surface area contributed by atoms with Crippen molar-refractivity contribution in [3.8, 4) is 11.8 Å². The average molecular weight is 261 g/mol. The minimum Gasteiger partial charge on any atom is -0.497 e. The van der Waals surface area contributed by atoms with E-state index in [1.807, 2.05) is 0 Å². The van der Waals surface area contributed by atoms with E-state index in [0.29, 0.717) is 24.3 Å². The normalized spacial score (nSPS) is 9.68. The maximum Gasteiger partial charge on any atom is 0.338 e. The number of nitrogens with zero attached hydrogens (tertiary/aromatic N) is 1. The summed E-state index contributed by atoms with van der Waals surface area (Å²) in [5.74, 6) is 0.411. The molecule has 0 aliphatic heterocycles. The van der Waals surface area contributed by atoms with Gasteiger partial charge in [-0.1, -0.05) is 12.8 Å². The maximum absolute atomic E-state index is 11.7. The van der Waals surface area contributed by atoms with Crippen LogP contribution in [0.15, 0.2) is 24.3 Å². The summed E-state index contributed by atoms with van der Waals surface area (Å²) in [6.45, 7) is 0.428. The number of hydrogen-bond donors (Lipinski definition) is 0. The lowest BCUT2D eigenvalue weighted by molar-refractivity contribution is 0.0497. The zero-order valence-corrected chi connectivity index (χ0v) is 11.2. The van der Waals surface area contributed by atoms with Gasteiger partial charge in [0.1, 0.15) is 5.75 Å². The zero-order chi connectivity index (χ0) is 13.9. The van der Waals surface area contributed by atoms with Crippen LogP contribution in [0.1, 0.15) is 42.5 Å². The summed E-state index contributed by atoms with van der Waals surface area (Å²) < 4.78 is 10.2. The van der Waals surface area contributed by atoms with Crippen molar-refractivity contribution in [1.82, 2.24) is 0 Å². The van der Waals surface area contributed by atoms with Gasteiger partial charge in [0.15, 0.2) is 0 Å². The lowest BCUT2D eigenvalue weighted by Crippen LogP contribution is -2.06. The van der Waals surface area contributed by atoms with E-state index in [1.54, 1.807) is 31.4 Å². The standard InChI is InChI=1S/C15H19NO3/c1-18-14-9-7-13(8-10-14)15(17)19-12-6-4-2-3-5-11-16/h7-10H,2-6,12H2,1H3. The highest BCUT2D eigenvalue weighted by atomic mass is 16.5. The second-order valence-corrected chi connectivity index (χ2v) is 4.19. The topological polar surface area (TPSA) is 59.3 Å². The highest BCUT2D eigenvalue weighted by Crippen LogP contribution is 2.12. The molecule has 0 saturated carbocycles. The first-order valence-corrected chi connectivity index (χ1v) is 6.46. The van der Waals surface area contributed by atoms with Gasteiger partial charge in [-0.3, -0.25) is 0 Å². The molecule has 0 aromatic heterocycles. The van der Waals surface area contributed by atoms with Crippen LogP contribution in [0.3, 0.4) is 0 Å². The van der Waals surface area contributed by atoms with Crippen LogP contribution in [-0.4, -0.2) is 19.7 Å². The van der Waals surface area contributed by atoms with Crippen molar-refractivity contribution in [1.29, 1.82) is 5.26 Å². The van der Waals surface area contributed by atoms with Crippen LogP contribution in [0.4, 0.5) is 0 Å². The molecule has 0 atom stereocenters. The van der Waals surface area contributed by atoms with Gasteiger partial charge < -0.3 is 9.47 Å². The quantitative estimate of drug-likeness (QED) is 0.532. The molecule has 1 aromatic carbocycles. The Morgan fingerprint density at radius 1 is 1.16 bits per heavy atom. The molecule has 1 rings (SSSR count). The number of carbonyl (C=O) groups is 1. The Balaban J connectivity index is 2.18. The van der Waals surface area contributed by atoms with Gasteiger partial charge in [0.25, 0.3) is 0 Å². The van der Waals surface area contributed by atoms with Crippen LogP contribution < -0.4 is 4.74 Å². The summed E-state index contributed by atoms with van der Waals surface area (Å²) in [6.07, 6.45) is 4.35. The largest absolute Gasteiger partial charge is 0.497 e. The highest BCUT2D eigenvalue weighted by Gasteiger charge is 2.06. The lowest BCUT2D eigenvalue weighted by atomic mass is 10.1. The van der Waals surface area contributed by atoms with Gasteiger partial charge in [-0.25, -0.2) is 4.79 Å². The molecule has 4 heteroatoms. The molecule has 1 aromatic rings. The fourth-order valence-electron chi connectivity index (χ4n) is 1.63. The molecule has 0 aliphatic rings. The summed E-state index contributed by atoms with van der Waals surface area (Å²) in [7, 11) is 1.58. The number of benzene rings is 1. The molecule has 0 heterocycles. The molecule has 0 unspecified atom stereocenters. The Kier molecular flexibility index (Phi) is 7.11. The minimum absolute atomic E-state index is 0.306. The van der Waals surface area contributed by atoms with Crippen LogP contribution in [0, 0.1) is 11.3 Å². The van der Waals surface area contributed by atoms with Gasteiger partial charge in [-0.2, -0.15) is 5.26 Å². The number of hydrogen-bond acceptors (Lipinski definition) is 4. The predicted molar refractivity (Wildman–Crippen MR) is 72.0 cm³/mol. The zero-order valence-electron chi connectivity index (χ0n) is 11.2. The molecular weight excluding hydrogens is 242 g/mol. The SMILES string of the molecule is COc1ccc(C(=O)OCCCCCCC#N)cc1. The van der Waals surface area contributed by atoms with Gasteiger partial charge in [-0.05, 0) is 37.1 Å². The van der Waals surface area contributed by atoms with E-state index in [1.165, 1.54) is 0 Å². The third kappa shape index (κ3) is 5.91. The first-order chi connectivity index (χ1) is 9.27. The van der Waals surface area contributed by atoms with Crippen LogP contribution >= 0.6 is 0 Å². The van der Waals surface area contributed by atoms with Gasteiger partial charge >= 0.3 is 5.97 Å². The number of methoxy groups -OCH3 is 1. The number of unbranched alkanes of at least 4 members (excludes halogenated alkanes) is 4. The third-order valence-corrected chi connectivity index (χ3v) is 2.74. The number of esters is 1. The fourth-order valence-corrected chi connectivity index (χ4v) is 1.63. The summed E-state index contributed by atoms with van der Waals surface area (Å²) in [6, 6.07) is 8.96. The van der Waals surface area contributed by atoms with Crippen molar-refractivity contribution < 1.29 is 14.3 Å². The Bertz CT molecular complexity index is 420. The Morgan fingerprint density at radius 2 is 1.84 bits per heavy atom. The second-order valence-electron chi connectivity index (χ2n) is 4.19. The number of carbonyl (C=O) groups excluding carboxylic acids is 1. The summed E-state index contributed by atoms with van der Waals surface area (Å²) >= 11 is 0. The van der Waals surface area contributed by atoms with Gasteiger partial charge in [-0.15, -0.1) is 0 Å². The fraction of sp³-hybridized carbons (Fsp3) is 0.467. The summed E-state index contributed by atoms with van der Waals surface area (Å²) in [4.78, 5) is 11.7. The third-order valence-electron chi connectivity index (χ3n) is 2.74. The molecule has 4 nitrogen and oxygen atoms in total. The highest BCUT2D eigenvalue weighted by molar-refractivity contribution is 5.89. The van der Waals surface area contributed by atoms with Crippen molar-refractivity contribution in [2.24, 2.45) is 0 Å². The van der Waals surface area contributed by atoms with Crippen LogP contribution in [0.25, 0.3) is 0 Å². The Hall–Kier alpha value is -2.02. The molecule has 0 saturated heterocycles. The predicted octanol–water partition coefficient (Wildman–Crippen LogP) is 3.33. The first kappa shape index (κ1) is 15.0. The monoisotopic (exact) mass is 261 g/mol. The molecule has 0 amide bonds. The van der Waals surface area contributed by atoms with Crippen LogP contribution in [-0.2, 0) is 4.74 Å². The molecule has 0 spiro atoms. The molecule has 0 fully saturated rings. The van der Waals surface area contributed by atoms with E-state index >= 15 is 0 Å². The van der Waals surface area contributed by atoms with Crippen molar-refractivity contribution in [3.63, 3.8) is 0 Å². The second kappa shape index (κ2) is 8.98. The van der Waals surface area contributed by atoms with E-state index in [0.717, 1.165) is 25.7 Å². The summed E-state index contributed by atoms with van der Waals surface area (Å²) in [5, 5.41) is 8.38. The molecule has 102 valence electrons. The first-order valence-electron chi connectivity index (χ1n) is 6.46. The van der Waals surface area contributed by atoms with Crippen molar-refractivity contribution in [2.75, 3.05) is 13.7 Å². The molecule has 0 bridgehead atoms. The van der Waals surface area contributed by atoms with Gasteiger partial charge in [0.2, 0.25) is 0 Å². The Morgan fingerprint density at radius 3 is 2.47 bits per heavy atom. The smallest absolute Gasteiger partial charge is 0.338 e. The van der Waals surface area contributed by atoms with Gasteiger partial charge in [0.05, 0.1) is 25.3 Å². The average Bonchev–Trinajstić information content (AvgIpc) is 2.46. The van der Waals surface area contributed by atoms with E-state index in [4.69, 9.17) is 14.7 Å². The van der Waals surface area contributed by atoms with Crippen LogP contribution in [0.5, 0.6) is 5.75 Å². The van der Waals surface area contributed by atoms with Crippen molar-refractivity contribution >= 4 is 5.97 Å². The number of rotatable bonds is 8. The molecule has 19 heavy (non-hydrogen) atoms. The van der Waals surface area contributed by atoms with Crippen molar-refractivity contribution in [3.05, 3.63) is 29.8 Å². The summed E-state index contributed by atoms with van der Waals surface area (Å²) in [5.41, 5.74) is 0.533. The maximum atomic E-state index is 11.7. The Labute approximate surface area is 113 Å².